The summed E-state index contributed by atoms with van der Waals surface area (Å²) in [5.41, 5.74) is 2.55. The molecular weight excluding hydrogens is 350 g/mol. The molecule has 2 aliphatic carbocycles. The fraction of sp³-hybridized carbons (Fsp3) is 0.792. The highest BCUT2D eigenvalue weighted by Crippen LogP contribution is 2.42. The SMILES string of the molecule is CC1=C(/C=C/C(=O)O)CC(C)C(CC2CCC(O)C(C3CCCCC3)N2)C1C. The monoisotopic (exact) mass is 389 g/mol. The topological polar surface area (TPSA) is 69.6 Å². The van der Waals surface area contributed by atoms with E-state index in [2.05, 4.69) is 26.1 Å². The fourth-order valence-corrected chi connectivity index (χ4v) is 6.05. The number of aliphatic carboxylic acids is 1. The van der Waals surface area contributed by atoms with Crippen molar-refractivity contribution in [2.45, 2.75) is 96.7 Å². The zero-order valence-electron chi connectivity index (χ0n) is 17.9. The fourth-order valence-electron chi connectivity index (χ4n) is 6.05. The summed E-state index contributed by atoms with van der Waals surface area (Å²) in [5, 5.41) is 23.4. The molecular formula is C24H39NO3. The first kappa shape index (κ1) is 21.6. The number of hydrogen-bond acceptors (Lipinski definition) is 3. The minimum atomic E-state index is -0.874. The lowest BCUT2D eigenvalue weighted by molar-refractivity contribution is -0.131. The number of carbonyl (C=O) groups is 1. The molecule has 1 saturated heterocycles. The smallest absolute Gasteiger partial charge is 0.328 e. The maximum absolute atomic E-state index is 10.9. The third-order valence-corrected chi connectivity index (χ3v) is 7.90. The molecule has 6 atom stereocenters. The summed E-state index contributed by atoms with van der Waals surface area (Å²) in [6, 6.07) is 0.771. The molecule has 0 spiro atoms. The molecule has 4 heteroatoms. The van der Waals surface area contributed by atoms with Crippen molar-refractivity contribution in [3.05, 3.63) is 23.3 Å². The normalized spacial score (nSPS) is 38.1. The lowest BCUT2D eigenvalue weighted by Gasteiger charge is -2.44. The van der Waals surface area contributed by atoms with E-state index in [1.807, 2.05) is 0 Å². The van der Waals surface area contributed by atoms with Crippen LogP contribution in [0, 0.1) is 23.7 Å². The molecule has 0 bridgehead atoms. The van der Waals surface area contributed by atoms with Crippen LogP contribution in [0.5, 0.6) is 0 Å². The minimum absolute atomic E-state index is 0.185. The quantitative estimate of drug-likeness (QED) is 0.597. The number of carboxylic acid groups (broad SMARTS) is 1. The van der Waals surface area contributed by atoms with E-state index >= 15 is 0 Å². The van der Waals surface area contributed by atoms with Crippen LogP contribution in [0.2, 0.25) is 0 Å². The van der Waals surface area contributed by atoms with E-state index in [-0.39, 0.29) is 12.1 Å². The van der Waals surface area contributed by atoms with Crippen molar-refractivity contribution in [2.24, 2.45) is 23.7 Å². The lowest BCUT2D eigenvalue weighted by atomic mass is 9.67. The van der Waals surface area contributed by atoms with Gasteiger partial charge in [-0.25, -0.2) is 4.79 Å². The van der Waals surface area contributed by atoms with E-state index in [0.29, 0.717) is 29.7 Å². The molecule has 0 aromatic carbocycles. The average Bonchev–Trinajstić information content (AvgIpc) is 2.68. The van der Waals surface area contributed by atoms with Gasteiger partial charge in [0.2, 0.25) is 0 Å². The second kappa shape index (κ2) is 9.58. The van der Waals surface area contributed by atoms with Crippen LogP contribution in [-0.4, -0.2) is 34.4 Å². The van der Waals surface area contributed by atoms with Crippen molar-refractivity contribution in [1.82, 2.24) is 5.32 Å². The first-order valence-electron chi connectivity index (χ1n) is 11.4. The van der Waals surface area contributed by atoms with Gasteiger partial charge < -0.3 is 15.5 Å². The van der Waals surface area contributed by atoms with E-state index in [4.69, 9.17) is 5.11 Å². The van der Waals surface area contributed by atoms with Gasteiger partial charge in [-0.2, -0.15) is 0 Å². The van der Waals surface area contributed by atoms with Gasteiger partial charge in [0.15, 0.2) is 0 Å². The number of rotatable bonds is 5. The van der Waals surface area contributed by atoms with E-state index < -0.39 is 5.97 Å². The Balaban J connectivity index is 1.65. The molecule has 1 heterocycles. The second-order valence-electron chi connectivity index (χ2n) is 9.68. The summed E-state index contributed by atoms with van der Waals surface area (Å²) in [6.07, 6.45) is 13.5. The number of carboxylic acids is 1. The number of piperidine rings is 1. The molecule has 4 nitrogen and oxygen atoms in total. The van der Waals surface area contributed by atoms with Crippen LogP contribution in [-0.2, 0) is 4.79 Å². The highest BCUT2D eigenvalue weighted by molar-refractivity contribution is 5.80. The predicted octanol–water partition coefficient (Wildman–Crippen LogP) is 4.69. The van der Waals surface area contributed by atoms with Crippen LogP contribution in [0.15, 0.2) is 23.3 Å². The number of allylic oxidation sites excluding steroid dienone is 3. The van der Waals surface area contributed by atoms with Crippen molar-refractivity contribution < 1.29 is 15.0 Å². The van der Waals surface area contributed by atoms with Gasteiger partial charge in [0, 0.05) is 18.2 Å². The van der Waals surface area contributed by atoms with Crippen molar-refractivity contribution in [3.8, 4) is 0 Å². The Hall–Kier alpha value is -1.13. The van der Waals surface area contributed by atoms with Gasteiger partial charge in [-0.1, -0.05) is 44.8 Å². The van der Waals surface area contributed by atoms with Gasteiger partial charge in [0.05, 0.1) is 6.10 Å². The molecule has 28 heavy (non-hydrogen) atoms. The summed E-state index contributed by atoms with van der Waals surface area (Å²) in [4.78, 5) is 10.9. The molecule has 1 aliphatic heterocycles. The molecule has 0 aromatic rings. The molecule has 158 valence electrons. The van der Waals surface area contributed by atoms with Crippen molar-refractivity contribution in [3.63, 3.8) is 0 Å². The molecule has 6 unspecified atom stereocenters. The van der Waals surface area contributed by atoms with Gasteiger partial charge in [-0.15, -0.1) is 0 Å². The van der Waals surface area contributed by atoms with Crippen LogP contribution in [0.1, 0.15) is 78.6 Å². The summed E-state index contributed by atoms with van der Waals surface area (Å²) in [6.45, 7) is 6.80. The van der Waals surface area contributed by atoms with Gasteiger partial charge in [0.25, 0.3) is 0 Å². The third kappa shape index (κ3) is 5.07. The molecule has 0 amide bonds. The Labute approximate surface area is 170 Å². The Morgan fingerprint density at radius 3 is 2.54 bits per heavy atom. The third-order valence-electron chi connectivity index (χ3n) is 7.90. The van der Waals surface area contributed by atoms with Crippen LogP contribution in [0.25, 0.3) is 0 Å². The van der Waals surface area contributed by atoms with Crippen molar-refractivity contribution in [2.75, 3.05) is 0 Å². The van der Waals surface area contributed by atoms with Gasteiger partial charge in [-0.05, 0) is 74.7 Å². The summed E-state index contributed by atoms with van der Waals surface area (Å²) in [7, 11) is 0. The van der Waals surface area contributed by atoms with Crippen LogP contribution in [0.3, 0.4) is 0 Å². The molecule has 2 fully saturated rings. The first-order chi connectivity index (χ1) is 13.4. The van der Waals surface area contributed by atoms with E-state index in [1.165, 1.54) is 49.3 Å². The standard InChI is InChI=1S/C24H39NO3/c1-15-13-19(9-12-23(27)28)16(2)17(3)21(15)14-20-10-11-22(26)24(25-20)18-7-5-4-6-8-18/h9,12,15,17-18,20-22,24-26H,4-8,10-11,13-14H2,1-3H3,(H,27,28)/b12-9+. The molecule has 3 aliphatic rings. The highest BCUT2D eigenvalue weighted by atomic mass is 16.4. The van der Waals surface area contributed by atoms with Gasteiger partial charge in [-0.3, -0.25) is 0 Å². The number of nitrogens with one attached hydrogen (secondary N) is 1. The summed E-state index contributed by atoms with van der Waals surface area (Å²) in [5.74, 6) is 1.40. The largest absolute Gasteiger partial charge is 0.478 e. The Kier molecular flexibility index (Phi) is 7.38. The number of aliphatic hydroxyl groups is 1. The zero-order valence-corrected chi connectivity index (χ0v) is 17.9. The van der Waals surface area contributed by atoms with Gasteiger partial charge in [0.1, 0.15) is 0 Å². The van der Waals surface area contributed by atoms with Gasteiger partial charge >= 0.3 is 5.97 Å². The first-order valence-corrected chi connectivity index (χ1v) is 11.4. The second-order valence-corrected chi connectivity index (χ2v) is 9.68. The molecule has 3 rings (SSSR count). The molecule has 3 N–H and O–H groups in total. The number of hydrogen-bond donors (Lipinski definition) is 3. The Morgan fingerprint density at radius 2 is 1.86 bits per heavy atom. The van der Waals surface area contributed by atoms with E-state index in [0.717, 1.165) is 25.7 Å². The van der Waals surface area contributed by atoms with Crippen molar-refractivity contribution >= 4 is 5.97 Å². The van der Waals surface area contributed by atoms with E-state index in [9.17, 15) is 9.90 Å². The molecule has 0 radical (unpaired) electrons. The molecule has 0 aromatic heterocycles. The number of aliphatic hydroxyl groups excluding tert-OH is 1. The van der Waals surface area contributed by atoms with Crippen LogP contribution >= 0.6 is 0 Å². The molecule has 1 saturated carbocycles. The van der Waals surface area contributed by atoms with Crippen molar-refractivity contribution in [1.29, 1.82) is 0 Å². The lowest BCUT2D eigenvalue weighted by Crippen LogP contribution is -2.55. The predicted molar refractivity (Wildman–Crippen MR) is 113 cm³/mol. The highest BCUT2D eigenvalue weighted by Gasteiger charge is 2.38. The minimum Gasteiger partial charge on any atom is -0.478 e. The maximum atomic E-state index is 10.9. The Bertz CT molecular complexity index is 605. The maximum Gasteiger partial charge on any atom is 0.328 e. The van der Waals surface area contributed by atoms with Crippen LogP contribution in [0.4, 0.5) is 0 Å². The van der Waals surface area contributed by atoms with E-state index in [1.54, 1.807) is 6.08 Å². The Morgan fingerprint density at radius 1 is 1.14 bits per heavy atom. The zero-order chi connectivity index (χ0) is 20.3. The summed E-state index contributed by atoms with van der Waals surface area (Å²) >= 11 is 0. The average molecular weight is 390 g/mol. The van der Waals surface area contributed by atoms with Crippen LogP contribution < -0.4 is 5.32 Å². The summed E-state index contributed by atoms with van der Waals surface area (Å²) < 4.78 is 0.